The van der Waals surface area contributed by atoms with Crippen molar-refractivity contribution in [1.82, 2.24) is 10.3 Å². The summed E-state index contributed by atoms with van der Waals surface area (Å²) in [7, 11) is 0. The number of fused-ring (bicyclic) bond motifs is 1. The number of thioether (sulfide) groups is 1. The lowest BCUT2D eigenvalue weighted by molar-refractivity contribution is 0.636. The Bertz CT molecular complexity index is 359. The van der Waals surface area contributed by atoms with Crippen LogP contribution in [0.25, 0.3) is 0 Å². The first kappa shape index (κ1) is 9.67. The van der Waals surface area contributed by atoms with E-state index in [1.165, 1.54) is 42.7 Å². The molecule has 1 fully saturated rings. The van der Waals surface area contributed by atoms with Crippen LogP contribution in [-0.4, -0.2) is 17.3 Å². The lowest BCUT2D eigenvalue weighted by Crippen LogP contribution is -2.17. The van der Waals surface area contributed by atoms with Gasteiger partial charge in [0.05, 0.1) is 0 Å². The Hall–Kier alpha value is -0.540. The predicted molar refractivity (Wildman–Crippen MR) is 64.1 cm³/mol. The van der Waals surface area contributed by atoms with Crippen LogP contribution < -0.4 is 5.32 Å². The first-order chi connectivity index (χ1) is 7.45. The maximum atomic E-state index is 4.39. The highest BCUT2D eigenvalue weighted by Crippen LogP contribution is 2.32. The number of rotatable bonds is 1. The van der Waals surface area contributed by atoms with Crippen LogP contribution in [0.1, 0.15) is 35.6 Å². The highest BCUT2D eigenvalue weighted by molar-refractivity contribution is 7.98. The van der Waals surface area contributed by atoms with Crippen molar-refractivity contribution in [2.45, 2.75) is 31.1 Å². The van der Waals surface area contributed by atoms with E-state index in [1.807, 2.05) is 11.8 Å². The molecule has 0 amide bonds. The van der Waals surface area contributed by atoms with Crippen molar-refractivity contribution in [1.29, 1.82) is 0 Å². The van der Waals surface area contributed by atoms with Gasteiger partial charge in [0, 0.05) is 24.2 Å². The minimum atomic E-state index is 0.579. The monoisotopic (exact) mass is 220 g/mol. The van der Waals surface area contributed by atoms with Gasteiger partial charge in [-0.15, -0.1) is 0 Å². The first-order valence-corrected chi connectivity index (χ1v) is 6.87. The van der Waals surface area contributed by atoms with E-state index in [9.17, 15) is 0 Å². The summed E-state index contributed by atoms with van der Waals surface area (Å²) >= 11 is 2.03. The van der Waals surface area contributed by atoms with E-state index in [4.69, 9.17) is 0 Å². The molecule has 1 atom stereocenters. The molecule has 1 unspecified atom stereocenters. The molecule has 15 heavy (non-hydrogen) atoms. The summed E-state index contributed by atoms with van der Waals surface area (Å²) < 4.78 is 0. The SMILES string of the molecule is c1ncc(C2CCCN2)c2c1CSCC2. The second-order valence-electron chi connectivity index (χ2n) is 4.32. The first-order valence-electron chi connectivity index (χ1n) is 5.72. The van der Waals surface area contributed by atoms with Crippen molar-refractivity contribution < 1.29 is 0 Å². The molecular weight excluding hydrogens is 204 g/mol. The Balaban J connectivity index is 1.99. The van der Waals surface area contributed by atoms with Crippen molar-refractivity contribution >= 4 is 11.8 Å². The lowest BCUT2D eigenvalue weighted by atomic mass is 9.96. The molecule has 1 N–H and O–H groups in total. The molecular formula is C12H16N2S. The van der Waals surface area contributed by atoms with Crippen molar-refractivity contribution in [3.05, 3.63) is 29.1 Å². The van der Waals surface area contributed by atoms with E-state index in [0.29, 0.717) is 6.04 Å². The second kappa shape index (κ2) is 4.14. The fraction of sp³-hybridized carbons (Fsp3) is 0.583. The van der Waals surface area contributed by atoms with Crippen molar-refractivity contribution in [3.8, 4) is 0 Å². The van der Waals surface area contributed by atoms with Crippen molar-refractivity contribution in [2.75, 3.05) is 12.3 Å². The van der Waals surface area contributed by atoms with E-state index < -0.39 is 0 Å². The standard InChI is InChI=1S/C12H16N2S/c1-2-12(14-4-1)11-7-13-6-9-8-15-5-3-10(9)11/h6-7,12,14H,1-5,8H2. The molecule has 2 aliphatic rings. The Morgan fingerprint density at radius 3 is 3.27 bits per heavy atom. The van der Waals surface area contributed by atoms with Gasteiger partial charge in [-0.3, -0.25) is 4.98 Å². The summed E-state index contributed by atoms with van der Waals surface area (Å²) in [6.45, 7) is 1.17. The van der Waals surface area contributed by atoms with Gasteiger partial charge in [0.15, 0.2) is 0 Å². The van der Waals surface area contributed by atoms with E-state index >= 15 is 0 Å². The molecule has 80 valence electrons. The minimum Gasteiger partial charge on any atom is -0.310 e. The zero-order chi connectivity index (χ0) is 10.1. The smallest absolute Gasteiger partial charge is 0.0338 e. The molecule has 1 aromatic rings. The molecule has 3 rings (SSSR count). The van der Waals surface area contributed by atoms with Crippen molar-refractivity contribution in [2.24, 2.45) is 0 Å². The molecule has 1 saturated heterocycles. The Morgan fingerprint density at radius 2 is 2.40 bits per heavy atom. The topological polar surface area (TPSA) is 24.9 Å². The Kier molecular flexibility index (Phi) is 2.67. The Morgan fingerprint density at radius 1 is 1.40 bits per heavy atom. The third kappa shape index (κ3) is 1.79. The zero-order valence-corrected chi connectivity index (χ0v) is 9.65. The molecule has 0 aromatic carbocycles. The van der Waals surface area contributed by atoms with Gasteiger partial charge in [-0.05, 0) is 48.3 Å². The summed E-state index contributed by atoms with van der Waals surface area (Å²) in [5.74, 6) is 2.43. The second-order valence-corrected chi connectivity index (χ2v) is 5.42. The third-order valence-electron chi connectivity index (χ3n) is 3.37. The molecule has 1 aromatic heterocycles. The fourth-order valence-electron chi connectivity index (χ4n) is 2.58. The summed E-state index contributed by atoms with van der Waals surface area (Å²) in [6, 6.07) is 0.579. The van der Waals surface area contributed by atoms with Crippen LogP contribution in [-0.2, 0) is 12.2 Å². The normalized spacial score (nSPS) is 25.2. The van der Waals surface area contributed by atoms with Gasteiger partial charge in [0.25, 0.3) is 0 Å². The van der Waals surface area contributed by atoms with Crippen LogP contribution in [0.5, 0.6) is 0 Å². The van der Waals surface area contributed by atoms with Crippen LogP contribution in [0.2, 0.25) is 0 Å². The summed E-state index contributed by atoms with van der Waals surface area (Å²) in [4.78, 5) is 4.39. The summed E-state index contributed by atoms with van der Waals surface area (Å²) in [5.41, 5.74) is 4.53. The van der Waals surface area contributed by atoms with E-state index in [2.05, 4.69) is 22.7 Å². The Labute approximate surface area is 94.9 Å². The van der Waals surface area contributed by atoms with Crippen LogP contribution in [0.3, 0.4) is 0 Å². The van der Waals surface area contributed by atoms with Crippen LogP contribution in [0, 0.1) is 0 Å². The van der Waals surface area contributed by atoms with E-state index in [0.717, 1.165) is 5.75 Å². The van der Waals surface area contributed by atoms with E-state index in [-0.39, 0.29) is 0 Å². The third-order valence-corrected chi connectivity index (χ3v) is 4.38. The molecule has 3 heteroatoms. The van der Waals surface area contributed by atoms with Gasteiger partial charge in [0.2, 0.25) is 0 Å². The minimum absolute atomic E-state index is 0.579. The quantitative estimate of drug-likeness (QED) is 0.786. The highest BCUT2D eigenvalue weighted by atomic mass is 32.2. The fourth-order valence-corrected chi connectivity index (χ4v) is 3.55. The average molecular weight is 220 g/mol. The lowest BCUT2D eigenvalue weighted by Gasteiger charge is -2.21. The number of hydrogen-bond acceptors (Lipinski definition) is 3. The molecule has 2 aliphatic heterocycles. The molecule has 0 aliphatic carbocycles. The van der Waals surface area contributed by atoms with Gasteiger partial charge in [-0.2, -0.15) is 11.8 Å². The summed E-state index contributed by atoms with van der Waals surface area (Å²) in [5, 5.41) is 3.58. The summed E-state index contributed by atoms with van der Waals surface area (Å²) in [6.07, 6.45) is 7.96. The van der Waals surface area contributed by atoms with Crippen LogP contribution in [0.15, 0.2) is 12.4 Å². The molecule has 0 bridgehead atoms. The van der Waals surface area contributed by atoms with Gasteiger partial charge >= 0.3 is 0 Å². The van der Waals surface area contributed by atoms with Gasteiger partial charge in [0.1, 0.15) is 0 Å². The molecule has 0 radical (unpaired) electrons. The number of nitrogens with one attached hydrogen (secondary N) is 1. The number of aromatic nitrogens is 1. The van der Waals surface area contributed by atoms with Crippen molar-refractivity contribution in [3.63, 3.8) is 0 Å². The van der Waals surface area contributed by atoms with Gasteiger partial charge in [-0.25, -0.2) is 0 Å². The maximum Gasteiger partial charge on any atom is 0.0338 e. The zero-order valence-electron chi connectivity index (χ0n) is 8.83. The van der Waals surface area contributed by atoms with E-state index in [1.54, 1.807) is 5.56 Å². The number of hydrogen-bond donors (Lipinski definition) is 1. The molecule has 3 heterocycles. The molecule has 0 saturated carbocycles. The van der Waals surface area contributed by atoms with Gasteiger partial charge in [-0.1, -0.05) is 0 Å². The number of nitrogens with zero attached hydrogens (tertiary/aromatic N) is 1. The largest absolute Gasteiger partial charge is 0.310 e. The average Bonchev–Trinajstić information content (AvgIpc) is 2.82. The molecule has 2 nitrogen and oxygen atoms in total. The highest BCUT2D eigenvalue weighted by Gasteiger charge is 2.22. The predicted octanol–water partition coefficient (Wildman–Crippen LogP) is 2.30. The number of pyridine rings is 1. The maximum absolute atomic E-state index is 4.39. The van der Waals surface area contributed by atoms with Crippen LogP contribution in [0.4, 0.5) is 0 Å². The molecule has 0 spiro atoms. The van der Waals surface area contributed by atoms with Gasteiger partial charge < -0.3 is 5.32 Å². The van der Waals surface area contributed by atoms with Crippen LogP contribution >= 0.6 is 11.8 Å².